The van der Waals surface area contributed by atoms with Gasteiger partial charge in [-0.1, -0.05) is 0 Å². The van der Waals surface area contributed by atoms with Crippen LogP contribution in [0.5, 0.6) is 0 Å². The smallest absolute Gasteiger partial charge is 0.311 e. The van der Waals surface area contributed by atoms with Crippen LogP contribution in [-0.2, 0) is 0 Å². The van der Waals surface area contributed by atoms with Gasteiger partial charge in [0.2, 0.25) is 5.82 Å². The number of aromatic nitrogens is 3. The van der Waals surface area contributed by atoms with Gasteiger partial charge in [-0.3, -0.25) is 14.9 Å². The predicted octanol–water partition coefficient (Wildman–Crippen LogP) is 2.58. The molecule has 10 heteroatoms. The highest BCUT2D eigenvalue weighted by molar-refractivity contribution is 6.06. The maximum absolute atomic E-state index is 12.0. The maximum atomic E-state index is 12.0. The van der Waals surface area contributed by atoms with E-state index in [1.165, 1.54) is 12.3 Å². The van der Waals surface area contributed by atoms with Crippen molar-refractivity contribution in [2.24, 2.45) is 5.73 Å². The lowest BCUT2D eigenvalue weighted by atomic mass is 9.96. The van der Waals surface area contributed by atoms with Gasteiger partial charge in [0, 0.05) is 48.2 Å². The zero-order valence-corrected chi connectivity index (χ0v) is 16.1. The Bertz CT molecular complexity index is 1130. The quantitative estimate of drug-likeness (QED) is 0.435. The van der Waals surface area contributed by atoms with Crippen LogP contribution in [0.1, 0.15) is 36.0 Å². The molecule has 2 aliphatic heterocycles. The maximum Gasteiger partial charge on any atom is 0.311 e. The highest BCUT2D eigenvalue weighted by Gasteiger charge is 2.43. The van der Waals surface area contributed by atoms with Gasteiger partial charge in [0.25, 0.3) is 5.91 Å². The molecule has 3 aromatic rings. The Labute approximate surface area is 171 Å². The summed E-state index contributed by atoms with van der Waals surface area (Å²) in [7, 11) is 0. The number of piperidine rings is 1. The van der Waals surface area contributed by atoms with E-state index in [4.69, 9.17) is 5.73 Å². The third kappa shape index (κ3) is 2.92. The van der Waals surface area contributed by atoms with Gasteiger partial charge < -0.3 is 20.9 Å². The van der Waals surface area contributed by atoms with E-state index < -0.39 is 5.91 Å². The summed E-state index contributed by atoms with van der Waals surface area (Å²) >= 11 is 0. The number of nitrogens with two attached hydrogens (primary N) is 1. The lowest BCUT2D eigenvalue weighted by molar-refractivity contribution is -0.384. The highest BCUT2D eigenvalue weighted by Crippen LogP contribution is 2.42. The molecule has 2 bridgehead atoms. The van der Waals surface area contributed by atoms with E-state index in [0.717, 1.165) is 31.1 Å². The number of carbonyl (C=O) groups is 1. The molecule has 0 radical (unpaired) electrons. The summed E-state index contributed by atoms with van der Waals surface area (Å²) in [6, 6.07) is 5.38. The summed E-state index contributed by atoms with van der Waals surface area (Å²) in [6.07, 6.45) is 8.35. The highest BCUT2D eigenvalue weighted by atomic mass is 16.6. The van der Waals surface area contributed by atoms with Crippen molar-refractivity contribution in [2.75, 3.05) is 10.2 Å². The van der Waals surface area contributed by atoms with E-state index in [0.29, 0.717) is 22.7 Å². The number of hydrogen-bond donors (Lipinski definition) is 3. The fourth-order valence-electron chi connectivity index (χ4n) is 4.92. The van der Waals surface area contributed by atoms with Crippen LogP contribution in [0, 0.1) is 10.1 Å². The average Bonchev–Trinajstić information content (AvgIpc) is 3.30. The minimum absolute atomic E-state index is 0.0417. The molecule has 154 valence electrons. The van der Waals surface area contributed by atoms with Gasteiger partial charge in [-0.05, 0) is 37.8 Å². The van der Waals surface area contributed by atoms with E-state index >= 15 is 0 Å². The fraction of sp³-hybridized carbons (Fsp3) is 0.350. The molecule has 0 saturated carbocycles. The number of anilines is 2. The Balaban J connectivity index is 1.44. The van der Waals surface area contributed by atoms with Crippen LogP contribution in [0.2, 0.25) is 0 Å². The number of pyridine rings is 2. The molecule has 4 N–H and O–H groups in total. The number of primary amides is 1. The molecular formula is C20H21N7O3. The number of fused-ring (bicyclic) bond motifs is 3. The van der Waals surface area contributed by atoms with Gasteiger partial charge in [0.05, 0.1) is 16.2 Å². The largest absolute Gasteiger partial charge is 0.381 e. The van der Waals surface area contributed by atoms with E-state index in [2.05, 4.69) is 25.2 Å². The number of nitro groups is 1. The van der Waals surface area contributed by atoms with Crippen LogP contribution in [0.4, 0.5) is 17.2 Å². The van der Waals surface area contributed by atoms with Gasteiger partial charge in [-0.25, -0.2) is 9.97 Å². The van der Waals surface area contributed by atoms with Crippen molar-refractivity contribution in [3.63, 3.8) is 0 Å². The van der Waals surface area contributed by atoms with Crippen LogP contribution in [-0.4, -0.2) is 43.9 Å². The van der Waals surface area contributed by atoms with E-state index in [-0.39, 0.29) is 28.7 Å². The summed E-state index contributed by atoms with van der Waals surface area (Å²) < 4.78 is 0. The van der Waals surface area contributed by atoms with Crippen LogP contribution in [0.15, 0.2) is 36.8 Å². The molecule has 2 saturated heterocycles. The van der Waals surface area contributed by atoms with E-state index in [1.807, 2.05) is 6.07 Å². The molecule has 2 fully saturated rings. The number of H-pyrrole nitrogens is 1. The van der Waals surface area contributed by atoms with Crippen molar-refractivity contribution >= 4 is 34.1 Å². The second-order valence-electron chi connectivity index (χ2n) is 7.86. The topological polar surface area (TPSA) is 143 Å². The molecule has 3 aromatic heterocycles. The first-order chi connectivity index (χ1) is 14.5. The van der Waals surface area contributed by atoms with Gasteiger partial charge in [-0.15, -0.1) is 0 Å². The first kappa shape index (κ1) is 18.3. The summed E-state index contributed by atoms with van der Waals surface area (Å²) in [6.45, 7) is 0. The summed E-state index contributed by atoms with van der Waals surface area (Å²) in [5, 5.41) is 15.8. The molecule has 0 aromatic carbocycles. The number of amides is 1. The third-order valence-corrected chi connectivity index (χ3v) is 6.14. The number of carbonyl (C=O) groups excluding carboxylic acids is 1. The number of rotatable bonds is 5. The van der Waals surface area contributed by atoms with Crippen molar-refractivity contribution < 1.29 is 9.72 Å². The van der Waals surface area contributed by atoms with Gasteiger partial charge >= 0.3 is 5.69 Å². The Morgan fingerprint density at radius 3 is 2.73 bits per heavy atom. The molecular weight excluding hydrogens is 386 g/mol. The molecule has 2 aliphatic rings. The Hall–Kier alpha value is -3.69. The first-order valence-electron chi connectivity index (χ1n) is 9.93. The normalized spacial score (nSPS) is 22.9. The van der Waals surface area contributed by atoms with E-state index in [1.54, 1.807) is 18.5 Å². The molecule has 1 amide bonds. The monoisotopic (exact) mass is 407 g/mol. The summed E-state index contributed by atoms with van der Waals surface area (Å²) in [4.78, 5) is 36.8. The standard InChI is InChI=1S/C20H21N7O3/c21-18(28)15-10-24-19-14(5-7-22-19)17(15)25-11-8-12-3-4-13(9-11)26(12)20-16(27(29)30)2-1-6-23-20/h1-2,5-7,10-13H,3-4,8-9H2,(H2,21,28)(H2,22,24,25)/t11-,12+,13-. The molecule has 30 heavy (non-hydrogen) atoms. The van der Waals surface area contributed by atoms with Crippen LogP contribution in [0.3, 0.4) is 0 Å². The third-order valence-electron chi connectivity index (χ3n) is 6.14. The summed E-state index contributed by atoms with van der Waals surface area (Å²) in [5.41, 5.74) is 7.36. The minimum Gasteiger partial charge on any atom is -0.381 e. The molecule has 0 unspecified atom stereocenters. The van der Waals surface area contributed by atoms with Gasteiger partial charge in [0.15, 0.2) is 0 Å². The molecule has 5 heterocycles. The average molecular weight is 407 g/mol. The van der Waals surface area contributed by atoms with Crippen molar-refractivity contribution in [1.29, 1.82) is 0 Å². The van der Waals surface area contributed by atoms with Crippen molar-refractivity contribution in [3.05, 3.63) is 52.5 Å². The summed E-state index contributed by atoms with van der Waals surface area (Å²) in [5.74, 6) is -0.0826. The molecule has 3 atom stereocenters. The first-order valence-corrected chi connectivity index (χ1v) is 9.93. The van der Waals surface area contributed by atoms with E-state index in [9.17, 15) is 14.9 Å². The Morgan fingerprint density at radius 2 is 2.03 bits per heavy atom. The van der Waals surface area contributed by atoms with Gasteiger partial charge in [0.1, 0.15) is 5.65 Å². The predicted molar refractivity (Wildman–Crippen MR) is 111 cm³/mol. The number of nitrogens with one attached hydrogen (secondary N) is 2. The van der Waals surface area contributed by atoms with Crippen LogP contribution >= 0.6 is 0 Å². The molecule has 0 spiro atoms. The zero-order chi connectivity index (χ0) is 20.8. The lowest BCUT2D eigenvalue weighted by Crippen LogP contribution is -2.47. The van der Waals surface area contributed by atoms with Crippen molar-refractivity contribution in [1.82, 2.24) is 15.0 Å². The minimum atomic E-state index is -0.530. The lowest BCUT2D eigenvalue weighted by Gasteiger charge is -2.40. The second kappa shape index (κ2) is 6.97. The Morgan fingerprint density at radius 1 is 1.27 bits per heavy atom. The SMILES string of the molecule is NC(=O)c1cnc2[nH]ccc2c1N[C@H]1C[C@H]2CC[C@@H](C1)N2c1ncccc1[N+](=O)[O-]. The van der Waals surface area contributed by atoms with Crippen molar-refractivity contribution in [3.8, 4) is 0 Å². The number of aromatic amines is 1. The van der Waals surface area contributed by atoms with Crippen LogP contribution < -0.4 is 16.0 Å². The molecule has 10 nitrogen and oxygen atoms in total. The van der Waals surface area contributed by atoms with Crippen molar-refractivity contribution in [2.45, 2.75) is 43.8 Å². The molecule has 0 aliphatic carbocycles. The number of hydrogen-bond acceptors (Lipinski definition) is 7. The van der Waals surface area contributed by atoms with Crippen LogP contribution in [0.25, 0.3) is 11.0 Å². The zero-order valence-electron chi connectivity index (χ0n) is 16.1. The number of nitrogens with zero attached hydrogens (tertiary/aromatic N) is 4. The fourth-order valence-corrected chi connectivity index (χ4v) is 4.92. The second-order valence-corrected chi connectivity index (χ2v) is 7.86. The van der Waals surface area contributed by atoms with Gasteiger partial charge in [-0.2, -0.15) is 0 Å². The molecule has 5 rings (SSSR count). The Kier molecular flexibility index (Phi) is 4.27.